The molecule has 136 valence electrons. The second-order valence-corrected chi connectivity index (χ2v) is 8.07. The molecule has 0 saturated carbocycles. The maximum absolute atomic E-state index is 12.7. The first-order chi connectivity index (χ1) is 12.4. The van der Waals surface area contributed by atoms with Gasteiger partial charge in [0.15, 0.2) is 0 Å². The average molecular weight is 370 g/mol. The van der Waals surface area contributed by atoms with E-state index in [1.165, 1.54) is 0 Å². The number of benzene rings is 3. The topological polar surface area (TPSA) is 69.6 Å². The van der Waals surface area contributed by atoms with E-state index in [0.29, 0.717) is 10.9 Å². The van der Waals surface area contributed by atoms with E-state index in [1.54, 1.807) is 30.3 Å². The quantitative estimate of drug-likeness (QED) is 0.700. The summed E-state index contributed by atoms with van der Waals surface area (Å²) in [6.07, 6.45) is -0.920. The summed E-state index contributed by atoms with van der Waals surface area (Å²) in [6, 6.07) is 19.9. The van der Waals surface area contributed by atoms with E-state index in [-0.39, 0.29) is 11.4 Å². The Balaban J connectivity index is 1.77. The summed E-state index contributed by atoms with van der Waals surface area (Å²) in [6.45, 7) is -0.0904. The molecule has 0 saturated heterocycles. The molecule has 2 N–H and O–H groups in total. The van der Waals surface area contributed by atoms with Gasteiger partial charge in [0.2, 0.25) is 10.0 Å². The Hall–Kier alpha value is -2.41. The van der Waals surface area contributed by atoms with Crippen molar-refractivity contribution in [2.45, 2.75) is 11.0 Å². The van der Waals surface area contributed by atoms with Crippen LogP contribution in [0.15, 0.2) is 71.6 Å². The Morgan fingerprint density at radius 3 is 2.31 bits per heavy atom. The van der Waals surface area contributed by atoms with Crippen LogP contribution in [0.1, 0.15) is 11.7 Å². The Morgan fingerprint density at radius 2 is 1.62 bits per heavy atom. The van der Waals surface area contributed by atoms with Crippen molar-refractivity contribution >= 4 is 26.5 Å². The van der Waals surface area contributed by atoms with Crippen LogP contribution in [-0.4, -0.2) is 34.2 Å². The number of aliphatic hydroxyl groups excluding tert-OH is 1. The van der Waals surface area contributed by atoms with Crippen molar-refractivity contribution in [3.05, 3.63) is 72.3 Å². The van der Waals surface area contributed by atoms with Gasteiger partial charge in [-0.15, -0.1) is 0 Å². The van der Waals surface area contributed by atoms with Crippen LogP contribution in [0.5, 0.6) is 0 Å². The van der Waals surface area contributed by atoms with E-state index in [9.17, 15) is 13.5 Å². The van der Waals surface area contributed by atoms with Crippen LogP contribution in [-0.2, 0) is 10.0 Å². The average Bonchev–Trinajstić information content (AvgIpc) is 2.65. The van der Waals surface area contributed by atoms with E-state index >= 15 is 0 Å². The third-order valence-corrected chi connectivity index (χ3v) is 5.78. The van der Waals surface area contributed by atoms with Gasteiger partial charge in [-0.3, -0.25) is 0 Å². The predicted molar refractivity (Wildman–Crippen MR) is 105 cm³/mol. The van der Waals surface area contributed by atoms with E-state index in [1.807, 2.05) is 55.4 Å². The lowest BCUT2D eigenvalue weighted by Crippen LogP contribution is -2.28. The van der Waals surface area contributed by atoms with Crippen LogP contribution >= 0.6 is 0 Å². The lowest BCUT2D eigenvalue weighted by Gasteiger charge is -2.16. The van der Waals surface area contributed by atoms with Gasteiger partial charge < -0.3 is 10.0 Å². The highest BCUT2D eigenvalue weighted by Crippen LogP contribution is 2.23. The van der Waals surface area contributed by atoms with E-state index in [0.717, 1.165) is 11.1 Å². The van der Waals surface area contributed by atoms with E-state index in [2.05, 4.69) is 4.72 Å². The normalized spacial score (nSPS) is 12.9. The van der Waals surface area contributed by atoms with Gasteiger partial charge in [-0.1, -0.05) is 48.5 Å². The fourth-order valence-electron chi connectivity index (χ4n) is 2.81. The first kappa shape index (κ1) is 18.4. The summed E-state index contributed by atoms with van der Waals surface area (Å²) in [7, 11) is 0.139. The summed E-state index contributed by atoms with van der Waals surface area (Å²) >= 11 is 0. The summed E-state index contributed by atoms with van der Waals surface area (Å²) in [5.41, 5.74) is 1.67. The Morgan fingerprint density at radius 1 is 0.962 bits per heavy atom. The van der Waals surface area contributed by atoms with Crippen molar-refractivity contribution in [3.8, 4) is 0 Å². The lowest BCUT2D eigenvalue weighted by atomic mass is 10.1. The van der Waals surface area contributed by atoms with Crippen molar-refractivity contribution in [3.63, 3.8) is 0 Å². The molecular formula is C20H22N2O3S. The van der Waals surface area contributed by atoms with Crippen LogP contribution in [0.3, 0.4) is 0 Å². The molecule has 0 aliphatic heterocycles. The van der Waals surface area contributed by atoms with E-state index < -0.39 is 16.1 Å². The van der Waals surface area contributed by atoms with Crippen LogP contribution in [0.2, 0.25) is 0 Å². The Bertz CT molecular complexity index is 994. The Labute approximate surface area is 153 Å². The molecule has 3 aromatic carbocycles. The van der Waals surface area contributed by atoms with Crippen LogP contribution in [0.4, 0.5) is 5.69 Å². The molecule has 0 heterocycles. The second kappa shape index (κ2) is 7.45. The zero-order valence-electron chi connectivity index (χ0n) is 14.8. The monoisotopic (exact) mass is 370 g/mol. The largest absolute Gasteiger partial charge is 0.387 e. The fraction of sp³-hybridized carbons (Fsp3) is 0.200. The van der Waals surface area contributed by atoms with Gasteiger partial charge in [-0.25, -0.2) is 13.1 Å². The number of rotatable bonds is 6. The first-order valence-corrected chi connectivity index (χ1v) is 9.79. The maximum Gasteiger partial charge on any atom is 0.241 e. The molecule has 3 rings (SSSR count). The van der Waals surface area contributed by atoms with Crippen molar-refractivity contribution in [2.24, 2.45) is 0 Å². The third kappa shape index (κ3) is 3.88. The lowest BCUT2D eigenvalue weighted by molar-refractivity contribution is 0.182. The highest BCUT2D eigenvalue weighted by atomic mass is 32.2. The molecular weight excluding hydrogens is 348 g/mol. The summed E-state index contributed by atoms with van der Waals surface area (Å²) < 4.78 is 27.9. The minimum absolute atomic E-state index is 0.0904. The summed E-state index contributed by atoms with van der Waals surface area (Å²) in [5, 5.41) is 11.8. The minimum atomic E-state index is -3.73. The SMILES string of the molecule is CN(C)c1ccc(C(O)CNS(=O)(=O)c2cccc3ccccc23)cc1. The number of nitrogens with one attached hydrogen (secondary N) is 1. The molecule has 0 aliphatic carbocycles. The Kier molecular flexibility index (Phi) is 5.27. The fourth-order valence-corrected chi connectivity index (χ4v) is 4.07. The molecule has 0 amide bonds. The van der Waals surface area contributed by atoms with Crippen molar-refractivity contribution in [1.82, 2.24) is 4.72 Å². The highest BCUT2D eigenvalue weighted by molar-refractivity contribution is 7.89. The molecule has 0 bridgehead atoms. The number of hydrogen-bond acceptors (Lipinski definition) is 4. The van der Waals surface area contributed by atoms with Crippen LogP contribution in [0.25, 0.3) is 10.8 Å². The second-order valence-electron chi connectivity index (χ2n) is 6.33. The molecule has 0 aliphatic rings. The van der Waals surface area contributed by atoms with Gasteiger partial charge >= 0.3 is 0 Å². The highest BCUT2D eigenvalue weighted by Gasteiger charge is 2.19. The van der Waals surface area contributed by atoms with Crippen LogP contribution in [0, 0.1) is 0 Å². The number of hydrogen-bond donors (Lipinski definition) is 2. The summed E-state index contributed by atoms with van der Waals surface area (Å²) in [5.74, 6) is 0. The predicted octanol–water partition coefficient (Wildman–Crippen LogP) is 2.92. The van der Waals surface area contributed by atoms with Gasteiger partial charge in [-0.2, -0.15) is 0 Å². The first-order valence-electron chi connectivity index (χ1n) is 8.31. The standard InChI is InChI=1S/C20H22N2O3S/c1-22(2)17-12-10-16(11-13-17)19(23)14-21-26(24,25)20-9-5-7-15-6-3-4-8-18(15)20/h3-13,19,21,23H,14H2,1-2H3. The van der Waals surface area contributed by atoms with E-state index in [4.69, 9.17) is 0 Å². The molecule has 1 atom stereocenters. The van der Waals surface area contributed by atoms with Crippen LogP contribution < -0.4 is 9.62 Å². The molecule has 5 nitrogen and oxygen atoms in total. The molecule has 0 spiro atoms. The van der Waals surface area contributed by atoms with Crippen molar-refractivity contribution in [1.29, 1.82) is 0 Å². The number of fused-ring (bicyclic) bond motifs is 1. The van der Waals surface area contributed by atoms with Gasteiger partial charge in [-0.05, 0) is 29.1 Å². The molecule has 1 unspecified atom stereocenters. The molecule has 3 aromatic rings. The van der Waals surface area contributed by atoms with Gasteiger partial charge in [0.05, 0.1) is 11.0 Å². The van der Waals surface area contributed by atoms with Crippen molar-refractivity contribution in [2.75, 3.05) is 25.5 Å². The van der Waals surface area contributed by atoms with Gasteiger partial charge in [0.1, 0.15) is 0 Å². The molecule has 6 heteroatoms. The smallest absolute Gasteiger partial charge is 0.241 e. The number of aliphatic hydroxyl groups is 1. The zero-order chi connectivity index (χ0) is 18.7. The zero-order valence-corrected chi connectivity index (χ0v) is 15.6. The molecule has 0 fully saturated rings. The number of nitrogens with zero attached hydrogens (tertiary/aromatic N) is 1. The van der Waals surface area contributed by atoms with Gasteiger partial charge in [0.25, 0.3) is 0 Å². The number of sulfonamides is 1. The molecule has 26 heavy (non-hydrogen) atoms. The third-order valence-electron chi connectivity index (χ3n) is 4.30. The van der Waals surface area contributed by atoms with Gasteiger partial charge in [0, 0.05) is 31.7 Å². The molecule has 0 aromatic heterocycles. The number of anilines is 1. The molecule has 0 radical (unpaired) electrons. The maximum atomic E-state index is 12.7. The minimum Gasteiger partial charge on any atom is -0.387 e. The summed E-state index contributed by atoms with van der Waals surface area (Å²) in [4.78, 5) is 2.17. The van der Waals surface area contributed by atoms with Crippen molar-refractivity contribution < 1.29 is 13.5 Å².